The number of fused-ring (bicyclic) bond motifs is 1. The average molecular weight is 290 g/mol. The van der Waals surface area contributed by atoms with E-state index in [2.05, 4.69) is 10.3 Å². The van der Waals surface area contributed by atoms with Crippen molar-refractivity contribution in [2.24, 2.45) is 0 Å². The van der Waals surface area contributed by atoms with Gasteiger partial charge in [0.1, 0.15) is 0 Å². The van der Waals surface area contributed by atoms with Gasteiger partial charge in [-0.1, -0.05) is 31.4 Å². The summed E-state index contributed by atoms with van der Waals surface area (Å²) in [5, 5.41) is 13.7. The zero-order chi connectivity index (χ0) is 14.0. The van der Waals surface area contributed by atoms with Gasteiger partial charge < -0.3 is 10.4 Å². The maximum Gasteiger partial charge on any atom is 0.280 e. The van der Waals surface area contributed by atoms with Crippen molar-refractivity contribution in [1.29, 1.82) is 0 Å². The number of benzene rings is 1. The van der Waals surface area contributed by atoms with E-state index in [9.17, 15) is 9.90 Å². The van der Waals surface area contributed by atoms with E-state index in [0.717, 1.165) is 35.9 Å². The quantitative estimate of drug-likeness (QED) is 0.913. The van der Waals surface area contributed by atoms with E-state index in [1.807, 2.05) is 24.3 Å². The second-order valence-corrected chi connectivity index (χ2v) is 6.49. The number of nitrogens with zero attached hydrogens (tertiary/aromatic N) is 1. The Morgan fingerprint density at radius 2 is 2.05 bits per heavy atom. The summed E-state index contributed by atoms with van der Waals surface area (Å²) in [4.78, 5) is 16.4. The van der Waals surface area contributed by atoms with Crippen molar-refractivity contribution in [2.75, 3.05) is 6.54 Å². The first-order chi connectivity index (χ1) is 9.66. The van der Waals surface area contributed by atoms with E-state index < -0.39 is 5.60 Å². The summed E-state index contributed by atoms with van der Waals surface area (Å²) in [5.74, 6) is -0.190. The summed E-state index contributed by atoms with van der Waals surface area (Å²) in [7, 11) is 0. The Kier molecular flexibility index (Phi) is 3.72. The van der Waals surface area contributed by atoms with Gasteiger partial charge >= 0.3 is 0 Å². The van der Waals surface area contributed by atoms with Gasteiger partial charge in [-0.3, -0.25) is 4.79 Å². The second-order valence-electron chi connectivity index (χ2n) is 5.45. The molecule has 2 N–H and O–H groups in total. The highest BCUT2D eigenvalue weighted by molar-refractivity contribution is 7.20. The molecule has 1 amide bonds. The standard InChI is InChI=1S/C15H18N2O2S/c18-13(16-10-15(19)8-4-1-5-9-15)14-17-11-6-2-3-7-12(11)20-14/h2-3,6-7,19H,1,4-5,8-10H2,(H,16,18). The predicted molar refractivity (Wildman–Crippen MR) is 80.0 cm³/mol. The summed E-state index contributed by atoms with van der Waals surface area (Å²) in [6.07, 6.45) is 4.79. The van der Waals surface area contributed by atoms with Crippen molar-refractivity contribution >= 4 is 27.5 Å². The Morgan fingerprint density at radius 1 is 1.30 bits per heavy atom. The Bertz CT molecular complexity index is 584. The molecule has 5 heteroatoms. The average Bonchev–Trinajstić information content (AvgIpc) is 2.89. The van der Waals surface area contributed by atoms with Gasteiger partial charge in [-0.2, -0.15) is 0 Å². The first-order valence-corrected chi connectivity index (χ1v) is 7.84. The monoisotopic (exact) mass is 290 g/mol. The Labute approximate surface area is 121 Å². The molecule has 0 spiro atoms. The molecule has 20 heavy (non-hydrogen) atoms. The third kappa shape index (κ3) is 2.83. The zero-order valence-corrected chi connectivity index (χ0v) is 12.1. The lowest BCUT2D eigenvalue weighted by Gasteiger charge is -2.31. The molecular weight excluding hydrogens is 272 g/mol. The molecule has 1 aromatic heterocycles. The lowest BCUT2D eigenvalue weighted by Crippen LogP contribution is -2.44. The van der Waals surface area contributed by atoms with E-state index in [1.165, 1.54) is 17.8 Å². The van der Waals surface area contributed by atoms with Crippen LogP contribution in [-0.4, -0.2) is 28.1 Å². The number of amides is 1. The smallest absolute Gasteiger partial charge is 0.280 e. The Balaban J connectivity index is 1.66. The minimum absolute atomic E-state index is 0.190. The predicted octanol–water partition coefficient (Wildman–Crippen LogP) is 2.72. The van der Waals surface area contributed by atoms with Crippen molar-refractivity contribution in [2.45, 2.75) is 37.7 Å². The van der Waals surface area contributed by atoms with Crippen LogP contribution in [0.2, 0.25) is 0 Å². The van der Waals surface area contributed by atoms with E-state index in [0.29, 0.717) is 11.6 Å². The van der Waals surface area contributed by atoms with Crippen LogP contribution in [0.4, 0.5) is 0 Å². The molecule has 106 valence electrons. The number of hydrogen-bond acceptors (Lipinski definition) is 4. The molecule has 0 saturated heterocycles. The van der Waals surface area contributed by atoms with Crippen LogP contribution in [0.1, 0.15) is 41.9 Å². The number of rotatable bonds is 3. The van der Waals surface area contributed by atoms with Crippen LogP contribution in [0.5, 0.6) is 0 Å². The van der Waals surface area contributed by atoms with Crippen LogP contribution in [0.25, 0.3) is 10.2 Å². The van der Waals surface area contributed by atoms with E-state index >= 15 is 0 Å². The zero-order valence-electron chi connectivity index (χ0n) is 11.3. The van der Waals surface area contributed by atoms with Crippen LogP contribution in [0, 0.1) is 0 Å². The molecular formula is C15H18N2O2S. The SMILES string of the molecule is O=C(NCC1(O)CCCCC1)c1nc2ccccc2s1. The van der Waals surface area contributed by atoms with Crippen molar-refractivity contribution in [3.63, 3.8) is 0 Å². The van der Waals surface area contributed by atoms with Gasteiger partial charge in [0, 0.05) is 6.54 Å². The Hall–Kier alpha value is -1.46. The molecule has 1 saturated carbocycles. The van der Waals surface area contributed by atoms with Gasteiger partial charge in [-0.15, -0.1) is 11.3 Å². The number of carbonyl (C=O) groups excluding carboxylic acids is 1. The van der Waals surface area contributed by atoms with E-state index in [-0.39, 0.29) is 5.91 Å². The summed E-state index contributed by atoms with van der Waals surface area (Å²) in [6.45, 7) is 0.321. The normalized spacial score (nSPS) is 18.1. The fraction of sp³-hybridized carbons (Fsp3) is 0.467. The molecule has 0 bridgehead atoms. The molecule has 0 radical (unpaired) electrons. The maximum absolute atomic E-state index is 12.1. The number of hydrogen-bond donors (Lipinski definition) is 2. The molecule has 3 rings (SSSR count). The summed E-state index contributed by atoms with van der Waals surface area (Å²) >= 11 is 1.39. The second kappa shape index (κ2) is 5.50. The lowest BCUT2D eigenvalue weighted by molar-refractivity contribution is 0.00526. The number of thiazole rings is 1. The Morgan fingerprint density at radius 3 is 2.80 bits per heavy atom. The largest absolute Gasteiger partial charge is 0.388 e. The first-order valence-electron chi connectivity index (χ1n) is 7.02. The highest BCUT2D eigenvalue weighted by Crippen LogP contribution is 2.27. The van der Waals surface area contributed by atoms with Crippen LogP contribution >= 0.6 is 11.3 Å². The third-order valence-electron chi connectivity index (χ3n) is 3.85. The molecule has 1 heterocycles. The number of carbonyl (C=O) groups is 1. The van der Waals surface area contributed by atoms with Crippen LogP contribution < -0.4 is 5.32 Å². The highest BCUT2D eigenvalue weighted by Gasteiger charge is 2.29. The fourth-order valence-electron chi connectivity index (χ4n) is 2.68. The van der Waals surface area contributed by atoms with Gasteiger partial charge in [-0.05, 0) is 25.0 Å². The van der Waals surface area contributed by atoms with Gasteiger partial charge in [0.05, 0.1) is 15.8 Å². The van der Waals surface area contributed by atoms with Crippen molar-refractivity contribution in [3.05, 3.63) is 29.3 Å². The van der Waals surface area contributed by atoms with Gasteiger partial charge in [0.2, 0.25) is 0 Å². The van der Waals surface area contributed by atoms with E-state index in [1.54, 1.807) is 0 Å². The van der Waals surface area contributed by atoms with Crippen molar-refractivity contribution in [1.82, 2.24) is 10.3 Å². The lowest BCUT2D eigenvalue weighted by atomic mass is 9.85. The number of nitrogens with one attached hydrogen (secondary N) is 1. The number of aliphatic hydroxyl groups is 1. The molecule has 0 aliphatic heterocycles. The first kappa shape index (κ1) is 13.5. The van der Waals surface area contributed by atoms with Crippen LogP contribution in [0.3, 0.4) is 0 Å². The molecule has 4 nitrogen and oxygen atoms in total. The highest BCUT2D eigenvalue weighted by atomic mass is 32.1. The molecule has 1 aromatic carbocycles. The molecule has 0 unspecified atom stereocenters. The minimum atomic E-state index is -0.732. The summed E-state index contributed by atoms with van der Waals surface area (Å²) in [5.41, 5.74) is 0.115. The van der Waals surface area contributed by atoms with Gasteiger partial charge in [0.25, 0.3) is 5.91 Å². The molecule has 1 aliphatic carbocycles. The minimum Gasteiger partial charge on any atom is -0.388 e. The van der Waals surface area contributed by atoms with Crippen LogP contribution in [0.15, 0.2) is 24.3 Å². The molecule has 2 aromatic rings. The number of aromatic nitrogens is 1. The molecule has 1 fully saturated rings. The van der Waals surface area contributed by atoms with E-state index in [4.69, 9.17) is 0 Å². The topological polar surface area (TPSA) is 62.2 Å². The van der Waals surface area contributed by atoms with Crippen molar-refractivity contribution in [3.8, 4) is 0 Å². The molecule has 0 atom stereocenters. The van der Waals surface area contributed by atoms with Gasteiger partial charge in [-0.25, -0.2) is 4.98 Å². The maximum atomic E-state index is 12.1. The third-order valence-corrected chi connectivity index (χ3v) is 4.89. The van der Waals surface area contributed by atoms with Crippen LogP contribution in [-0.2, 0) is 0 Å². The van der Waals surface area contributed by atoms with Gasteiger partial charge in [0.15, 0.2) is 5.01 Å². The number of para-hydroxylation sites is 1. The van der Waals surface area contributed by atoms with Crippen molar-refractivity contribution < 1.29 is 9.90 Å². The summed E-state index contributed by atoms with van der Waals surface area (Å²) < 4.78 is 1.01. The molecule has 1 aliphatic rings. The fourth-order valence-corrected chi connectivity index (χ4v) is 3.56. The summed E-state index contributed by atoms with van der Waals surface area (Å²) in [6, 6.07) is 7.71.